The Hall–Kier alpha value is -2.38. The number of nitrogens with one attached hydrogen (secondary N) is 2. The van der Waals surface area contributed by atoms with E-state index < -0.39 is 6.09 Å². The SMILES string of the molecule is CSc1cc(Cl)ccc1-c1ccc(C2CN(C(=O)NCC3COC(=O)N3)C2)cc1. The van der Waals surface area contributed by atoms with Crippen molar-refractivity contribution in [1.29, 1.82) is 0 Å². The van der Waals surface area contributed by atoms with Crippen molar-refractivity contribution in [2.75, 3.05) is 32.5 Å². The zero-order valence-electron chi connectivity index (χ0n) is 16.0. The van der Waals surface area contributed by atoms with Gasteiger partial charge < -0.3 is 20.3 Å². The molecule has 2 aromatic rings. The number of rotatable bonds is 5. The lowest BCUT2D eigenvalue weighted by Gasteiger charge is -2.39. The van der Waals surface area contributed by atoms with E-state index in [1.165, 1.54) is 11.1 Å². The number of amides is 3. The van der Waals surface area contributed by atoms with Crippen LogP contribution in [0.4, 0.5) is 9.59 Å². The summed E-state index contributed by atoms with van der Waals surface area (Å²) in [6.45, 7) is 2.05. The highest BCUT2D eigenvalue weighted by molar-refractivity contribution is 7.98. The third-order valence-corrected chi connectivity index (χ3v) is 6.28. The van der Waals surface area contributed by atoms with E-state index in [9.17, 15) is 9.59 Å². The van der Waals surface area contributed by atoms with E-state index in [0.29, 0.717) is 32.2 Å². The maximum Gasteiger partial charge on any atom is 0.407 e. The van der Waals surface area contributed by atoms with Gasteiger partial charge in [-0.3, -0.25) is 0 Å². The van der Waals surface area contributed by atoms with Gasteiger partial charge in [0.1, 0.15) is 6.61 Å². The number of thioether (sulfide) groups is 1. The minimum atomic E-state index is -0.431. The van der Waals surface area contributed by atoms with Crippen LogP contribution < -0.4 is 10.6 Å². The predicted octanol–water partition coefficient (Wildman–Crippen LogP) is 3.95. The Morgan fingerprint density at radius 1 is 1.28 bits per heavy atom. The lowest BCUT2D eigenvalue weighted by molar-refractivity contribution is 0.150. The van der Waals surface area contributed by atoms with Gasteiger partial charge in [0, 0.05) is 35.5 Å². The smallest absolute Gasteiger partial charge is 0.407 e. The van der Waals surface area contributed by atoms with Gasteiger partial charge in [-0.15, -0.1) is 11.8 Å². The summed E-state index contributed by atoms with van der Waals surface area (Å²) in [5, 5.41) is 6.23. The highest BCUT2D eigenvalue weighted by Crippen LogP contribution is 2.34. The van der Waals surface area contributed by atoms with E-state index in [4.69, 9.17) is 16.3 Å². The Balaban J connectivity index is 1.31. The van der Waals surface area contributed by atoms with Crippen LogP contribution in [0.1, 0.15) is 11.5 Å². The maximum absolute atomic E-state index is 12.2. The molecule has 0 bridgehead atoms. The largest absolute Gasteiger partial charge is 0.447 e. The van der Waals surface area contributed by atoms with Crippen LogP contribution in [0.15, 0.2) is 47.4 Å². The first kappa shape index (κ1) is 19.9. The number of halogens is 1. The number of hydrogen-bond donors (Lipinski definition) is 2. The molecule has 2 N–H and O–H groups in total. The first-order valence-corrected chi connectivity index (χ1v) is 11.0. The molecule has 0 aromatic heterocycles. The molecule has 2 fully saturated rings. The Labute approximate surface area is 178 Å². The molecule has 0 saturated carbocycles. The first-order chi connectivity index (χ1) is 14.0. The molecule has 1 unspecified atom stereocenters. The van der Waals surface area contributed by atoms with E-state index in [-0.39, 0.29) is 12.1 Å². The van der Waals surface area contributed by atoms with Crippen molar-refractivity contribution in [2.24, 2.45) is 0 Å². The van der Waals surface area contributed by atoms with Crippen molar-refractivity contribution in [3.05, 3.63) is 53.1 Å². The Bertz CT molecular complexity index is 916. The number of nitrogens with zero attached hydrogens (tertiary/aromatic N) is 1. The molecule has 152 valence electrons. The minimum Gasteiger partial charge on any atom is -0.447 e. The second-order valence-corrected chi connectivity index (χ2v) is 8.48. The minimum absolute atomic E-state index is 0.107. The van der Waals surface area contributed by atoms with Gasteiger partial charge in [0.25, 0.3) is 0 Å². The van der Waals surface area contributed by atoms with Crippen molar-refractivity contribution in [3.63, 3.8) is 0 Å². The summed E-state index contributed by atoms with van der Waals surface area (Å²) in [7, 11) is 0. The molecule has 29 heavy (non-hydrogen) atoms. The Kier molecular flexibility index (Phi) is 5.87. The van der Waals surface area contributed by atoms with Gasteiger partial charge in [-0.2, -0.15) is 0 Å². The molecule has 6 nitrogen and oxygen atoms in total. The molecule has 4 rings (SSSR count). The van der Waals surface area contributed by atoms with Gasteiger partial charge in [0.05, 0.1) is 6.04 Å². The zero-order chi connectivity index (χ0) is 20.4. The molecule has 0 spiro atoms. The number of hydrogen-bond acceptors (Lipinski definition) is 4. The third kappa shape index (κ3) is 4.46. The average molecular weight is 432 g/mol. The van der Waals surface area contributed by atoms with Crippen molar-refractivity contribution in [1.82, 2.24) is 15.5 Å². The first-order valence-electron chi connectivity index (χ1n) is 9.43. The number of carbonyl (C=O) groups is 2. The number of alkyl carbamates (subject to hydrolysis) is 1. The Morgan fingerprint density at radius 3 is 2.69 bits per heavy atom. The molecule has 0 radical (unpaired) electrons. The number of likely N-dealkylation sites (tertiary alicyclic amines) is 1. The topological polar surface area (TPSA) is 70.7 Å². The quantitative estimate of drug-likeness (QED) is 0.703. The predicted molar refractivity (Wildman–Crippen MR) is 115 cm³/mol. The number of ether oxygens (including phenoxy) is 1. The van der Waals surface area contributed by atoms with Crippen LogP contribution in [0, 0.1) is 0 Å². The molecule has 2 aliphatic rings. The monoisotopic (exact) mass is 431 g/mol. The number of benzene rings is 2. The molecule has 2 heterocycles. The Morgan fingerprint density at radius 2 is 2.03 bits per heavy atom. The molecule has 2 aromatic carbocycles. The van der Waals surface area contributed by atoms with Crippen LogP contribution in [0.25, 0.3) is 11.1 Å². The van der Waals surface area contributed by atoms with Crippen LogP contribution in [0.2, 0.25) is 5.02 Å². The van der Waals surface area contributed by atoms with Crippen LogP contribution in [-0.2, 0) is 4.74 Å². The zero-order valence-corrected chi connectivity index (χ0v) is 17.6. The van der Waals surface area contributed by atoms with Crippen molar-refractivity contribution in [2.45, 2.75) is 16.9 Å². The lowest BCUT2D eigenvalue weighted by atomic mass is 9.90. The summed E-state index contributed by atoms with van der Waals surface area (Å²) in [4.78, 5) is 26.2. The van der Waals surface area contributed by atoms with Crippen LogP contribution in [0.5, 0.6) is 0 Å². The van der Waals surface area contributed by atoms with Gasteiger partial charge in [-0.25, -0.2) is 9.59 Å². The van der Waals surface area contributed by atoms with Gasteiger partial charge in [-0.05, 0) is 35.1 Å². The molecule has 3 amide bonds. The summed E-state index contributed by atoms with van der Waals surface area (Å²) >= 11 is 7.79. The number of cyclic esters (lactones) is 1. The van der Waals surface area contributed by atoms with E-state index in [1.807, 2.05) is 18.4 Å². The van der Waals surface area contributed by atoms with Crippen molar-refractivity contribution < 1.29 is 14.3 Å². The summed E-state index contributed by atoms with van der Waals surface area (Å²) in [6.07, 6.45) is 1.62. The average Bonchev–Trinajstić information content (AvgIpc) is 3.11. The van der Waals surface area contributed by atoms with E-state index in [2.05, 4.69) is 41.0 Å². The second kappa shape index (κ2) is 8.55. The van der Waals surface area contributed by atoms with E-state index >= 15 is 0 Å². The normalized spacial score (nSPS) is 18.8. The number of carbonyl (C=O) groups excluding carboxylic acids is 2. The van der Waals surface area contributed by atoms with Gasteiger partial charge in [0.15, 0.2) is 0 Å². The van der Waals surface area contributed by atoms with Crippen molar-refractivity contribution in [3.8, 4) is 11.1 Å². The van der Waals surface area contributed by atoms with Crippen LogP contribution in [0.3, 0.4) is 0 Å². The summed E-state index contributed by atoms with van der Waals surface area (Å²) in [5.74, 6) is 0.342. The molecule has 8 heteroatoms. The van der Waals surface area contributed by atoms with Crippen molar-refractivity contribution >= 4 is 35.5 Å². The molecular formula is C21H22ClN3O3S. The van der Waals surface area contributed by atoms with Gasteiger partial charge in [-0.1, -0.05) is 41.9 Å². The molecule has 0 aliphatic carbocycles. The van der Waals surface area contributed by atoms with E-state index in [1.54, 1.807) is 16.7 Å². The summed E-state index contributed by atoms with van der Waals surface area (Å²) in [5.41, 5.74) is 3.56. The van der Waals surface area contributed by atoms with Gasteiger partial charge >= 0.3 is 12.1 Å². The highest BCUT2D eigenvalue weighted by atomic mass is 35.5. The molecule has 1 atom stereocenters. The maximum atomic E-state index is 12.2. The second-order valence-electron chi connectivity index (χ2n) is 7.19. The standard InChI is InChI=1S/C21H22ClN3O3S/c1-29-19-8-16(22)6-7-18(19)14-4-2-13(3-5-14)15-10-25(11-15)20(26)23-9-17-12-28-21(27)24-17/h2-8,15,17H,9-12H2,1H3,(H,23,26)(H,24,27). The number of urea groups is 1. The summed E-state index contributed by atoms with van der Waals surface area (Å²) < 4.78 is 4.81. The molecular weight excluding hydrogens is 410 g/mol. The fourth-order valence-electron chi connectivity index (χ4n) is 3.55. The van der Waals surface area contributed by atoms with Gasteiger partial charge in [0.2, 0.25) is 0 Å². The third-order valence-electron chi connectivity index (χ3n) is 5.26. The summed E-state index contributed by atoms with van der Waals surface area (Å²) in [6, 6.07) is 14.2. The van der Waals surface area contributed by atoms with E-state index in [0.717, 1.165) is 15.5 Å². The van der Waals surface area contributed by atoms with Crippen LogP contribution >= 0.6 is 23.4 Å². The fraction of sp³-hybridized carbons (Fsp3) is 0.333. The van der Waals surface area contributed by atoms with Crippen LogP contribution in [-0.4, -0.2) is 55.6 Å². The molecule has 2 saturated heterocycles. The lowest BCUT2D eigenvalue weighted by Crippen LogP contribution is -2.54. The fourth-order valence-corrected chi connectivity index (χ4v) is 4.44. The molecule has 2 aliphatic heterocycles. The highest BCUT2D eigenvalue weighted by Gasteiger charge is 2.32.